The van der Waals surface area contributed by atoms with Crippen molar-refractivity contribution in [3.63, 3.8) is 0 Å². The van der Waals surface area contributed by atoms with E-state index in [1.165, 1.54) is 0 Å². The average Bonchev–Trinajstić information content (AvgIpc) is 2.89. The molecule has 1 saturated carbocycles. The highest BCUT2D eigenvalue weighted by Crippen LogP contribution is 2.26. The summed E-state index contributed by atoms with van der Waals surface area (Å²) in [7, 11) is 0. The number of hydrogen-bond donors (Lipinski definition) is 2. The molecule has 7 heteroatoms. The van der Waals surface area contributed by atoms with Crippen LogP contribution in [0.5, 0.6) is 0 Å². The molecule has 0 aromatic carbocycles. The molecule has 1 aromatic heterocycles. The lowest BCUT2D eigenvalue weighted by Gasteiger charge is -2.27. The third-order valence-corrected chi connectivity index (χ3v) is 4.43. The van der Waals surface area contributed by atoms with Gasteiger partial charge in [-0.15, -0.1) is 0 Å². The van der Waals surface area contributed by atoms with Crippen LogP contribution in [0.4, 0.5) is 0 Å². The van der Waals surface area contributed by atoms with Crippen LogP contribution < -0.4 is 5.32 Å². The van der Waals surface area contributed by atoms with Crippen molar-refractivity contribution in [3.05, 3.63) is 17.5 Å². The summed E-state index contributed by atoms with van der Waals surface area (Å²) in [6.07, 6.45) is 6.17. The van der Waals surface area contributed by atoms with Gasteiger partial charge in [0.1, 0.15) is 0 Å². The highest BCUT2D eigenvalue weighted by molar-refractivity contribution is 7.99. The first kappa shape index (κ1) is 13.9. The lowest BCUT2D eigenvalue weighted by molar-refractivity contribution is 0.0651. The van der Waals surface area contributed by atoms with Crippen LogP contribution in [0.3, 0.4) is 0 Å². The van der Waals surface area contributed by atoms with Crippen molar-refractivity contribution in [1.29, 1.82) is 0 Å². The zero-order valence-electron chi connectivity index (χ0n) is 10.6. The van der Waals surface area contributed by atoms with Gasteiger partial charge in [0, 0.05) is 17.4 Å². The highest BCUT2D eigenvalue weighted by atomic mass is 32.2. The minimum absolute atomic E-state index is 0.0180. The summed E-state index contributed by atoms with van der Waals surface area (Å²) < 4.78 is 4.56. The quantitative estimate of drug-likeness (QED) is 0.875. The first-order valence-electron chi connectivity index (χ1n) is 6.14. The number of carboxylic acids is 1. The van der Waals surface area contributed by atoms with Gasteiger partial charge in [0.05, 0.1) is 0 Å². The molecule has 0 radical (unpaired) electrons. The number of aromatic nitrogens is 1. The molecule has 6 nitrogen and oxygen atoms in total. The van der Waals surface area contributed by atoms with Crippen molar-refractivity contribution in [2.24, 2.45) is 0 Å². The van der Waals surface area contributed by atoms with E-state index in [9.17, 15) is 9.59 Å². The molecule has 0 aliphatic heterocycles. The Balaban J connectivity index is 1.88. The molecule has 1 heterocycles. The van der Waals surface area contributed by atoms with E-state index in [2.05, 4.69) is 21.3 Å². The van der Waals surface area contributed by atoms with Crippen molar-refractivity contribution >= 4 is 23.6 Å². The van der Waals surface area contributed by atoms with Crippen LogP contribution in [0.25, 0.3) is 0 Å². The lowest BCUT2D eigenvalue weighted by atomic mass is 9.95. The van der Waals surface area contributed by atoms with Crippen LogP contribution in [0.2, 0.25) is 0 Å². The molecule has 0 saturated heterocycles. The minimum Gasteiger partial charge on any atom is -0.475 e. The minimum atomic E-state index is -1.23. The molecule has 0 bridgehead atoms. The van der Waals surface area contributed by atoms with Crippen molar-refractivity contribution in [2.75, 3.05) is 6.26 Å². The summed E-state index contributed by atoms with van der Waals surface area (Å²) in [6.45, 7) is 0. The van der Waals surface area contributed by atoms with Gasteiger partial charge in [-0.05, 0) is 31.9 Å². The van der Waals surface area contributed by atoms with E-state index in [-0.39, 0.29) is 23.4 Å². The molecular formula is C12H16N2O4S. The molecule has 104 valence electrons. The molecule has 2 N–H and O–H groups in total. The van der Waals surface area contributed by atoms with Gasteiger partial charge >= 0.3 is 5.97 Å². The van der Waals surface area contributed by atoms with Gasteiger partial charge in [-0.2, -0.15) is 11.8 Å². The summed E-state index contributed by atoms with van der Waals surface area (Å²) in [5, 5.41) is 15.7. The molecule has 19 heavy (non-hydrogen) atoms. The number of nitrogens with zero attached hydrogens (tertiary/aromatic N) is 1. The Kier molecular flexibility index (Phi) is 4.47. The van der Waals surface area contributed by atoms with Gasteiger partial charge in [-0.3, -0.25) is 4.79 Å². The topological polar surface area (TPSA) is 92.4 Å². The summed E-state index contributed by atoms with van der Waals surface area (Å²) in [6, 6.07) is 1.28. The number of carbonyl (C=O) groups excluding carboxylic acids is 1. The van der Waals surface area contributed by atoms with Crippen molar-refractivity contribution in [1.82, 2.24) is 10.5 Å². The van der Waals surface area contributed by atoms with Gasteiger partial charge in [0.15, 0.2) is 5.69 Å². The van der Waals surface area contributed by atoms with Crippen LogP contribution in [0.15, 0.2) is 10.6 Å². The molecule has 1 amide bonds. The van der Waals surface area contributed by atoms with Crippen molar-refractivity contribution in [2.45, 2.75) is 37.0 Å². The maximum absolute atomic E-state index is 11.9. The number of amides is 1. The van der Waals surface area contributed by atoms with Gasteiger partial charge in [0.25, 0.3) is 5.91 Å². The largest absolute Gasteiger partial charge is 0.475 e. The fourth-order valence-electron chi connectivity index (χ4n) is 2.19. The van der Waals surface area contributed by atoms with E-state index in [0.29, 0.717) is 5.25 Å². The van der Waals surface area contributed by atoms with E-state index in [1.54, 1.807) is 0 Å². The van der Waals surface area contributed by atoms with Crippen LogP contribution in [0, 0.1) is 0 Å². The summed E-state index contributed by atoms with van der Waals surface area (Å²) in [5.41, 5.74) is 0.0180. The van der Waals surface area contributed by atoms with Gasteiger partial charge in [-0.25, -0.2) is 4.79 Å². The number of hydrogen-bond acceptors (Lipinski definition) is 5. The lowest BCUT2D eigenvalue weighted by Crippen LogP contribution is -2.38. The van der Waals surface area contributed by atoms with Crippen LogP contribution >= 0.6 is 11.8 Å². The maximum Gasteiger partial charge on any atom is 0.374 e. The second-order valence-corrected chi connectivity index (χ2v) is 5.70. The average molecular weight is 284 g/mol. The smallest absolute Gasteiger partial charge is 0.374 e. The Bertz CT molecular complexity index is 466. The van der Waals surface area contributed by atoms with Crippen LogP contribution in [-0.2, 0) is 0 Å². The molecule has 0 spiro atoms. The first-order chi connectivity index (χ1) is 9.10. The Labute approximate surface area is 114 Å². The number of nitrogens with one attached hydrogen (secondary N) is 1. The molecule has 1 fully saturated rings. The number of carboxylic acid groups (broad SMARTS) is 1. The standard InChI is InChI=1S/C12H16N2O4S/c1-19-8-4-2-7(3-5-8)13-11(15)9-6-10(12(16)17)18-14-9/h6-8H,2-5H2,1H3,(H,13,15)(H,16,17). The monoisotopic (exact) mass is 284 g/mol. The Morgan fingerprint density at radius 2 is 2.11 bits per heavy atom. The first-order valence-corrected chi connectivity index (χ1v) is 7.42. The van der Waals surface area contributed by atoms with E-state index in [4.69, 9.17) is 5.11 Å². The van der Waals surface area contributed by atoms with Crippen molar-refractivity contribution < 1.29 is 19.2 Å². The van der Waals surface area contributed by atoms with E-state index in [1.807, 2.05) is 11.8 Å². The van der Waals surface area contributed by atoms with Crippen LogP contribution in [0.1, 0.15) is 46.7 Å². The molecule has 1 aliphatic carbocycles. The molecular weight excluding hydrogens is 268 g/mol. The number of carbonyl (C=O) groups is 2. The van der Waals surface area contributed by atoms with E-state index in [0.717, 1.165) is 31.7 Å². The van der Waals surface area contributed by atoms with Gasteiger partial charge < -0.3 is 14.9 Å². The molecule has 0 atom stereocenters. The Hall–Kier alpha value is -1.50. The number of thioether (sulfide) groups is 1. The third kappa shape index (κ3) is 3.50. The summed E-state index contributed by atoms with van der Waals surface area (Å²) in [4.78, 5) is 22.5. The molecule has 0 unspecified atom stereocenters. The van der Waals surface area contributed by atoms with Gasteiger partial charge in [-0.1, -0.05) is 5.16 Å². The molecule has 1 aliphatic rings. The Morgan fingerprint density at radius 3 is 2.63 bits per heavy atom. The zero-order chi connectivity index (χ0) is 13.8. The van der Waals surface area contributed by atoms with E-state index >= 15 is 0 Å². The maximum atomic E-state index is 11.9. The Morgan fingerprint density at radius 1 is 1.42 bits per heavy atom. The fraction of sp³-hybridized carbons (Fsp3) is 0.583. The summed E-state index contributed by atoms with van der Waals surface area (Å²) in [5.74, 6) is -1.92. The normalized spacial score (nSPS) is 23.0. The van der Waals surface area contributed by atoms with Crippen LogP contribution in [-0.4, -0.2) is 39.7 Å². The predicted octanol–water partition coefficient (Wildman–Crippen LogP) is 1.78. The number of aromatic carboxylic acids is 1. The second-order valence-electron chi connectivity index (χ2n) is 4.56. The van der Waals surface area contributed by atoms with Crippen molar-refractivity contribution in [3.8, 4) is 0 Å². The van der Waals surface area contributed by atoms with E-state index < -0.39 is 5.97 Å². The predicted molar refractivity (Wildman–Crippen MR) is 70.5 cm³/mol. The second kappa shape index (κ2) is 6.10. The molecule has 1 aromatic rings. The van der Waals surface area contributed by atoms with Gasteiger partial charge in [0.2, 0.25) is 5.76 Å². The summed E-state index contributed by atoms with van der Waals surface area (Å²) >= 11 is 1.86. The zero-order valence-corrected chi connectivity index (χ0v) is 11.4. The SMILES string of the molecule is CSC1CCC(NC(=O)c2cc(C(=O)O)on2)CC1. The highest BCUT2D eigenvalue weighted by Gasteiger charge is 2.24. The molecule has 2 rings (SSSR count). The number of rotatable bonds is 4. The fourth-order valence-corrected chi connectivity index (χ4v) is 2.93. The third-order valence-electron chi connectivity index (χ3n) is 3.30.